The SMILES string of the molecule is CC(C)C(=O)O[C@@H]1C[C@@H]2c3ccccc3[C@H](O)[C@H]1N2C(=O)OC(C)(C)C. The second-order valence-electron chi connectivity index (χ2n) is 8.33. The van der Waals surface area contributed by atoms with Gasteiger partial charge in [-0.05, 0) is 31.9 Å². The van der Waals surface area contributed by atoms with Gasteiger partial charge in [0.05, 0.1) is 12.0 Å². The molecule has 2 bridgehead atoms. The molecule has 6 heteroatoms. The van der Waals surface area contributed by atoms with E-state index in [9.17, 15) is 14.7 Å². The molecule has 26 heavy (non-hydrogen) atoms. The van der Waals surface area contributed by atoms with Crippen molar-refractivity contribution >= 4 is 12.1 Å². The molecule has 2 aliphatic heterocycles. The lowest BCUT2D eigenvalue weighted by Crippen LogP contribution is -2.49. The summed E-state index contributed by atoms with van der Waals surface area (Å²) in [6, 6.07) is 6.58. The first-order chi connectivity index (χ1) is 12.1. The summed E-state index contributed by atoms with van der Waals surface area (Å²) in [4.78, 5) is 26.5. The molecule has 1 fully saturated rings. The maximum Gasteiger partial charge on any atom is 0.411 e. The molecule has 0 saturated carbocycles. The highest BCUT2D eigenvalue weighted by Crippen LogP contribution is 2.49. The Hall–Kier alpha value is -2.08. The lowest BCUT2D eigenvalue weighted by Gasteiger charge is -2.40. The Morgan fingerprint density at radius 1 is 1.19 bits per heavy atom. The van der Waals surface area contributed by atoms with Gasteiger partial charge in [-0.1, -0.05) is 38.1 Å². The summed E-state index contributed by atoms with van der Waals surface area (Å²) in [6.45, 7) is 8.94. The number of fused-ring (bicyclic) bond motifs is 4. The Kier molecular flexibility index (Phi) is 4.73. The van der Waals surface area contributed by atoms with Crippen LogP contribution < -0.4 is 0 Å². The van der Waals surface area contributed by atoms with Crippen LogP contribution in [0.2, 0.25) is 0 Å². The van der Waals surface area contributed by atoms with Gasteiger partial charge in [0.1, 0.15) is 23.9 Å². The van der Waals surface area contributed by atoms with Crippen molar-refractivity contribution < 1.29 is 24.2 Å². The molecule has 0 spiro atoms. The molecular weight excluding hydrogens is 334 g/mol. The van der Waals surface area contributed by atoms with Crippen molar-refractivity contribution in [2.45, 2.75) is 70.9 Å². The number of carbonyl (C=O) groups is 2. The zero-order chi connectivity index (χ0) is 19.2. The van der Waals surface area contributed by atoms with E-state index in [2.05, 4.69) is 0 Å². The Morgan fingerprint density at radius 3 is 2.38 bits per heavy atom. The van der Waals surface area contributed by atoms with E-state index in [0.29, 0.717) is 6.42 Å². The van der Waals surface area contributed by atoms with E-state index in [1.165, 1.54) is 0 Å². The predicted octanol–water partition coefficient (Wildman–Crippen LogP) is 3.35. The summed E-state index contributed by atoms with van der Waals surface area (Å²) in [5.41, 5.74) is 1.01. The number of esters is 1. The van der Waals surface area contributed by atoms with Gasteiger partial charge < -0.3 is 14.6 Å². The first-order valence-electron chi connectivity index (χ1n) is 9.09. The number of aliphatic hydroxyl groups excluding tert-OH is 1. The standard InChI is InChI=1S/C20H27NO5/c1-11(2)18(23)25-15-10-14-12-8-6-7-9-13(12)17(22)16(15)21(14)19(24)26-20(3,4)5/h6-9,11,14-17,22H,10H2,1-5H3/t14-,15-,16+,17+/m1/s1. The third-order valence-electron chi connectivity index (χ3n) is 4.83. The first-order valence-corrected chi connectivity index (χ1v) is 9.09. The molecule has 3 rings (SSSR count). The molecule has 1 saturated heterocycles. The van der Waals surface area contributed by atoms with Crippen molar-refractivity contribution in [3.63, 3.8) is 0 Å². The highest BCUT2D eigenvalue weighted by Gasteiger charge is 2.55. The number of hydrogen-bond donors (Lipinski definition) is 1. The topological polar surface area (TPSA) is 76.1 Å². The van der Waals surface area contributed by atoms with Gasteiger partial charge in [0.2, 0.25) is 0 Å². The fourth-order valence-electron chi connectivity index (χ4n) is 3.73. The molecule has 0 aromatic heterocycles. The van der Waals surface area contributed by atoms with Crippen LogP contribution in [-0.4, -0.2) is 39.8 Å². The van der Waals surface area contributed by atoms with Gasteiger partial charge in [-0.3, -0.25) is 9.69 Å². The van der Waals surface area contributed by atoms with Crippen molar-refractivity contribution in [1.29, 1.82) is 0 Å². The molecule has 2 aliphatic rings. The van der Waals surface area contributed by atoms with Gasteiger partial charge in [0.15, 0.2) is 0 Å². The van der Waals surface area contributed by atoms with Gasteiger partial charge in [0, 0.05) is 6.42 Å². The van der Waals surface area contributed by atoms with Crippen molar-refractivity contribution in [3.05, 3.63) is 35.4 Å². The van der Waals surface area contributed by atoms with E-state index in [4.69, 9.17) is 9.47 Å². The highest BCUT2D eigenvalue weighted by molar-refractivity contribution is 5.73. The normalized spacial score (nSPS) is 27.3. The summed E-state index contributed by atoms with van der Waals surface area (Å²) >= 11 is 0. The fraction of sp³-hybridized carbons (Fsp3) is 0.600. The number of ether oxygens (including phenoxy) is 2. The van der Waals surface area contributed by atoms with E-state index in [0.717, 1.165) is 11.1 Å². The second kappa shape index (κ2) is 6.58. The lowest BCUT2D eigenvalue weighted by atomic mass is 9.91. The van der Waals surface area contributed by atoms with Crippen LogP contribution in [0.4, 0.5) is 4.79 Å². The van der Waals surface area contributed by atoms with Crippen molar-refractivity contribution in [2.24, 2.45) is 5.92 Å². The van der Waals surface area contributed by atoms with Crippen molar-refractivity contribution in [3.8, 4) is 0 Å². The molecule has 6 nitrogen and oxygen atoms in total. The van der Waals surface area contributed by atoms with Crippen molar-refractivity contribution in [2.75, 3.05) is 0 Å². The molecular formula is C20H27NO5. The largest absolute Gasteiger partial charge is 0.460 e. The minimum atomic E-state index is -0.928. The molecule has 1 aromatic carbocycles. The van der Waals surface area contributed by atoms with Crippen LogP contribution in [-0.2, 0) is 14.3 Å². The molecule has 0 radical (unpaired) electrons. The summed E-state index contributed by atoms with van der Waals surface area (Å²) in [5.74, 6) is -0.604. The third kappa shape index (κ3) is 3.30. The Balaban J connectivity index is 1.97. The second-order valence-corrected chi connectivity index (χ2v) is 8.33. The Morgan fingerprint density at radius 2 is 1.81 bits per heavy atom. The maximum absolute atomic E-state index is 12.8. The highest BCUT2D eigenvalue weighted by atomic mass is 16.6. The first kappa shape index (κ1) is 18.7. The summed E-state index contributed by atoms with van der Waals surface area (Å²) in [5, 5.41) is 10.9. The molecule has 2 heterocycles. The molecule has 0 unspecified atom stereocenters. The zero-order valence-corrected chi connectivity index (χ0v) is 15.9. The van der Waals surface area contributed by atoms with E-state index in [1.54, 1.807) is 39.5 Å². The zero-order valence-electron chi connectivity index (χ0n) is 15.9. The van der Waals surface area contributed by atoms with E-state index in [1.807, 2.05) is 24.3 Å². The fourth-order valence-corrected chi connectivity index (χ4v) is 3.73. The summed E-state index contributed by atoms with van der Waals surface area (Å²) in [7, 11) is 0. The molecule has 0 aliphatic carbocycles. The van der Waals surface area contributed by atoms with E-state index in [-0.39, 0.29) is 17.9 Å². The van der Waals surface area contributed by atoms with Crippen molar-refractivity contribution in [1.82, 2.24) is 4.90 Å². The molecule has 1 aromatic rings. The van der Waals surface area contributed by atoms with Gasteiger partial charge in [-0.25, -0.2) is 4.79 Å². The van der Waals surface area contributed by atoms with Gasteiger partial charge in [0.25, 0.3) is 0 Å². The van der Waals surface area contributed by atoms with Crippen LogP contribution in [0.3, 0.4) is 0 Å². The number of rotatable bonds is 2. The molecule has 142 valence electrons. The minimum absolute atomic E-state index is 0.273. The van der Waals surface area contributed by atoms with Crippen LogP contribution in [0.1, 0.15) is 64.3 Å². The molecule has 4 atom stereocenters. The van der Waals surface area contributed by atoms with Gasteiger partial charge in [-0.2, -0.15) is 0 Å². The lowest BCUT2D eigenvalue weighted by molar-refractivity contribution is -0.156. The van der Waals surface area contributed by atoms with Crippen LogP contribution in [0.5, 0.6) is 0 Å². The van der Waals surface area contributed by atoms with Crippen LogP contribution in [0, 0.1) is 5.92 Å². The summed E-state index contributed by atoms with van der Waals surface area (Å²) < 4.78 is 11.2. The Bertz CT molecular complexity index is 708. The molecule has 1 amide bonds. The quantitative estimate of drug-likeness (QED) is 0.818. The number of carbonyl (C=O) groups excluding carboxylic acids is 2. The maximum atomic E-state index is 12.8. The number of nitrogens with zero attached hydrogens (tertiary/aromatic N) is 1. The smallest absolute Gasteiger partial charge is 0.411 e. The summed E-state index contributed by atoms with van der Waals surface area (Å²) in [6.07, 6.45) is -1.53. The number of hydrogen-bond acceptors (Lipinski definition) is 5. The number of benzene rings is 1. The monoisotopic (exact) mass is 361 g/mol. The average Bonchev–Trinajstić information content (AvgIpc) is 2.86. The minimum Gasteiger partial charge on any atom is -0.460 e. The Labute approximate surface area is 154 Å². The predicted molar refractivity (Wildman–Crippen MR) is 95.3 cm³/mol. The van der Waals surface area contributed by atoms with Gasteiger partial charge in [-0.15, -0.1) is 0 Å². The third-order valence-corrected chi connectivity index (χ3v) is 4.83. The average molecular weight is 361 g/mol. The van der Waals surface area contributed by atoms with Crippen LogP contribution >= 0.6 is 0 Å². The number of amides is 1. The van der Waals surface area contributed by atoms with Crippen LogP contribution in [0.25, 0.3) is 0 Å². The molecule has 1 N–H and O–H groups in total. The number of aliphatic hydroxyl groups is 1. The van der Waals surface area contributed by atoms with E-state index < -0.39 is 29.9 Å². The van der Waals surface area contributed by atoms with Crippen LogP contribution in [0.15, 0.2) is 24.3 Å². The van der Waals surface area contributed by atoms with Gasteiger partial charge >= 0.3 is 12.1 Å². The van der Waals surface area contributed by atoms with E-state index >= 15 is 0 Å².